The molecule has 0 unspecified atom stereocenters. The summed E-state index contributed by atoms with van der Waals surface area (Å²) in [6.45, 7) is 1.57. The van der Waals surface area contributed by atoms with Crippen molar-refractivity contribution >= 4 is 23.0 Å². The fourth-order valence-electron chi connectivity index (χ4n) is 3.44. The van der Waals surface area contributed by atoms with Gasteiger partial charge in [-0.3, -0.25) is 9.36 Å². The van der Waals surface area contributed by atoms with Gasteiger partial charge in [-0.2, -0.15) is 4.98 Å². The molecule has 168 valence electrons. The van der Waals surface area contributed by atoms with Crippen molar-refractivity contribution in [2.75, 3.05) is 12.4 Å². The molecule has 7 nitrogen and oxygen atoms in total. The Kier molecular flexibility index (Phi) is 6.12. The number of hydrogen-bond donors (Lipinski definition) is 1. The number of fused-ring (bicyclic) bond motifs is 1. The molecule has 1 atom stereocenters. The molecule has 1 N–H and O–H groups in total. The normalized spacial score (nSPS) is 11.9. The second kappa shape index (κ2) is 9.15. The van der Waals surface area contributed by atoms with Crippen LogP contribution in [0.15, 0.2) is 65.6 Å². The number of esters is 1. The maximum Gasteiger partial charge on any atom is 0.337 e. The number of pyridine rings is 1. The lowest BCUT2D eigenvalue weighted by Gasteiger charge is -2.16. The van der Waals surface area contributed by atoms with E-state index in [2.05, 4.69) is 15.3 Å². The van der Waals surface area contributed by atoms with E-state index < -0.39 is 23.2 Å². The highest BCUT2D eigenvalue weighted by atomic mass is 19.1. The van der Waals surface area contributed by atoms with Gasteiger partial charge >= 0.3 is 5.97 Å². The van der Waals surface area contributed by atoms with Gasteiger partial charge in [-0.25, -0.2) is 18.6 Å². The van der Waals surface area contributed by atoms with Crippen molar-refractivity contribution in [3.8, 4) is 0 Å². The molecule has 0 aliphatic heterocycles. The second-order valence-electron chi connectivity index (χ2n) is 7.41. The van der Waals surface area contributed by atoms with Crippen LogP contribution in [0.4, 0.5) is 14.7 Å². The molecule has 0 radical (unpaired) electrons. The topological polar surface area (TPSA) is 86.1 Å². The van der Waals surface area contributed by atoms with Crippen LogP contribution in [0.1, 0.15) is 34.5 Å². The maximum atomic E-state index is 14.2. The average Bonchev–Trinajstić information content (AvgIpc) is 2.82. The molecule has 0 aliphatic rings. The number of anilines is 1. The third-order valence-electron chi connectivity index (χ3n) is 5.28. The van der Waals surface area contributed by atoms with E-state index in [1.54, 1.807) is 30.3 Å². The highest BCUT2D eigenvalue weighted by molar-refractivity contribution is 5.89. The van der Waals surface area contributed by atoms with Gasteiger partial charge in [-0.05, 0) is 42.8 Å². The summed E-state index contributed by atoms with van der Waals surface area (Å²) in [7, 11) is 1.32. The number of methoxy groups -OCH3 is 1. The molecule has 2 aromatic heterocycles. The van der Waals surface area contributed by atoms with E-state index in [9.17, 15) is 18.4 Å². The Labute approximate surface area is 187 Å². The first-order valence-electron chi connectivity index (χ1n) is 10.1. The maximum absolute atomic E-state index is 14.2. The van der Waals surface area contributed by atoms with E-state index in [1.165, 1.54) is 30.0 Å². The SMILES string of the molecule is COC(=O)c1ccc([C@H](C)Nc2ncc3ccc(=O)n(Cc4c(F)cccc4F)c3n2)cc1. The zero-order valence-corrected chi connectivity index (χ0v) is 17.9. The van der Waals surface area contributed by atoms with E-state index in [-0.39, 0.29) is 29.7 Å². The Balaban J connectivity index is 1.65. The summed E-state index contributed by atoms with van der Waals surface area (Å²) in [6, 6.07) is 13.1. The van der Waals surface area contributed by atoms with Gasteiger partial charge in [-0.1, -0.05) is 18.2 Å². The lowest BCUT2D eigenvalue weighted by molar-refractivity contribution is 0.0600. The summed E-state index contributed by atoms with van der Waals surface area (Å²) in [4.78, 5) is 32.9. The molecule has 33 heavy (non-hydrogen) atoms. The number of aromatic nitrogens is 3. The van der Waals surface area contributed by atoms with Crippen LogP contribution in [0.5, 0.6) is 0 Å². The van der Waals surface area contributed by atoms with Crippen LogP contribution in [-0.2, 0) is 11.3 Å². The molecule has 0 aliphatic carbocycles. The van der Waals surface area contributed by atoms with Crippen molar-refractivity contribution in [3.05, 3.63) is 99.5 Å². The molecular weight excluding hydrogens is 430 g/mol. The average molecular weight is 450 g/mol. The molecule has 0 bridgehead atoms. The fourth-order valence-corrected chi connectivity index (χ4v) is 3.44. The van der Waals surface area contributed by atoms with E-state index in [0.717, 1.165) is 17.7 Å². The van der Waals surface area contributed by atoms with E-state index in [0.29, 0.717) is 10.9 Å². The van der Waals surface area contributed by atoms with Crippen LogP contribution < -0.4 is 10.9 Å². The lowest BCUT2D eigenvalue weighted by Crippen LogP contribution is -2.22. The largest absolute Gasteiger partial charge is 0.465 e. The minimum Gasteiger partial charge on any atom is -0.465 e. The molecular formula is C24H20F2N4O3. The first kappa shape index (κ1) is 22.1. The van der Waals surface area contributed by atoms with Gasteiger partial charge in [0.1, 0.15) is 17.3 Å². The Morgan fingerprint density at radius 3 is 2.45 bits per heavy atom. The predicted molar refractivity (Wildman–Crippen MR) is 119 cm³/mol. The van der Waals surface area contributed by atoms with Crippen molar-refractivity contribution in [2.24, 2.45) is 0 Å². The summed E-state index contributed by atoms with van der Waals surface area (Å²) >= 11 is 0. The smallest absolute Gasteiger partial charge is 0.337 e. The van der Waals surface area contributed by atoms with Gasteiger partial charge in [0.15, 0.2) is 0 Å². The minimum absolute atomic E-state index is 0.223. The number of benzene rings is 2. The van der Waals surface area contributed by atoms with Crippen LogP contribution in [0, 0.1) is 11.6 Å². The third kappa shape index (κ3) is 4.57. The summed E-state index contributed by atoms with van der Waals surface area (Å²) in [5.41, 5.74) is 0.876. The quantitative estimate of drug-likeness (QED) is 0.446. The Hall–Kier alpha value is -4.14. The summed E-state index contributed by atoms with van der Waals surface area (Å²) in [6.07, 6.45) is 1.53. The summed E-state index contributed by atoms with van der Waals surface area (Å²) in [5, 5.41) is 3.69. The molecule has 0 saturated carbocycles. The Morgan fingerprint density at radius 2 is 1.79 bits per heavy atom. The van der Waals surface area contributed by atoms with Gasteiger partial charge < -0.3 is 10.1 Å². The van der Waals surface area contributed by atoms with E-state index in [4.69, 9.17) is 4.74 Å². The second-order valence-corrected chi connectivity index (χ2v) is 7.41. The van der Waals surface area contributed by atoms with Crippen LogP contribution in [0.2, 0.25) is 0 Å². The van der Waals surface area contributed by atoms with Crippen LogP contribution in [0.25, 0.3) is 11.0 Å². The van der Waals surface area contributed by atoms with Crippen molar-refractivity contribution in [3.63, 3.8) is 0 Å². The molecule has 0 fully saturated rings. The molecule has 0 amide bonds. The van der Waals surface area contributed by atoms with Crippen molar-refractivity contribution in [1.82, 2.24) is 14.5 Å². The molecule has 2 aromatic carbocycles. The van der Waals surface area contributed by atoms with Crippen LogP contribution in [0.3, 0.4) is 0 Å². The third-order valence-corrected chi connectivity index (χ3v) is 5.28. The van der Waals surface area contributed by atoms with E-state index >= 15 is 0 Å². The molecule has 2 heterocycles. The first-order valence-corrected chi connectivity index (χ1v) is 10.1. The molecule has 0 spiro atoms. The number of halogens is 2. The molecule has 4 aromatic rings. The highest BCUT2D eigenvalue weighted by Gasteiger charge is 2.15. The van der Waals surface area contributed by atoms with Crippen molar-refractivity contribution in [1.29, 1.82) is 0 Å². The fraction of sp³-hybridized carbons (Fsp3) is 0.167. The number of rotatable bonds is 6. The van der Waals surface area contributed by atoms with Gasteiger partial charge in [0.2, 0.25) is 5.95 Å². The standard InChI is InChI=1S/C24H20F2N4O3/c1-14(15-6-8-16(9-7-15)23(32)33-2)28-24-27-12-17-10-11-21(31)30(22(17)29-24)13-18-19(25)4-3-5-20(18)26/h3-12,14H,13H2,1-2H3,(H,27,28,29)/t14-/m0/s1. The monoisotopic (exact) mass is 450 g/mol. The number of nitrogens with zero attached hydrogens (tertiary/aromatic N) is 3. The van der Waals surface area contributed by atoms with Gasteiger partial charge in [0, 0.05) is 23.2 Å². The van der Waals surface area contributed by atoms with Crippen molar-refractivity contribution < 1.29 is 18.3 Å². The zero-order chi connectivity index (χ0) is 23.5. The Morgan fingerprint density at radius 1 is 1.09 bits per heavy atom. The number of ether oxygens (including phenoxy) is 1. The Bertz CT molecular complexity index is 1370. The lowest BCUT2D eigenvalue weighted by atomic mass is 10.1. The number of carbonyl (C=O) groups is 1. The molecule has 0 saturated heterocycles. The number of nitrogens with one attached hydrogen (secondary N) is 1. The molecule has 4 rings (SSSR count). The van der Waals surface area contributed by atoms with Gasteiger partial charge in [0.25, 0.3) is 5.56 Å². The predicted octanol–water partition coefficient (Wildman–Crippen LogP) is 4.08. The number of carbonyl (C=O) groups excluding carboxylic acids is 1. The van der Waals surface area contributed by atoms with Crippen molar-refractivity contribution in [2.45, 2.75) is 19.5 Å². The minimum atomic E-state index is -0.740. The first-order chi connectivity index (χ1) is 15.9. The van der Waals surface area contributed by atoms with Crippen LogP contribution >= 0.6 is 0 Å². The van der Waals surface area contributed by atoms with Crippen LogP contribution in [-0.4, -0.2) is 27.6 Å². The molecule has 9 heteroatoms. The highest BCUT2D eigenvalue weighted by Crippen LogP contribution is 2.20. The summed E-state index contributed by atoms with van der Waals surface area (Å²) < 4.78 is 34.3. The van der Waals surface area contributed by atoms with Gasteiger partial charge in [0.05, 0.1) is 25.3 Å². The zero-order valence-electron chi connectivity index (χ0n) is 17.9. The van der Waals surface area contributed by atoms with Gasteiger partial charge in [-0.15, -0.1) is 0 Å². The summed E-state index contributed by atoms with van der Waals surface area (Å²) in [5.74, 6) is -1.67. The number of hydrogen-bond acceptors (Lipinski definition) is 6. The van der Waals surface area contributed by atoms with E-state index in [1.807, 2.05) is 6.92 Å².